The molecule has 0 aliphatic carbocycles. The second-order valence-corrected chi connectivity index (χ2v) is 4.84. The van der Waals surface area contributed by atoms with Crippen LogP contribution in [-0.4, -0.2) is 16.7 Å². The zero-order valence-corrected chi connectivity index (χ0v) is 10.7. The van der Waals surface area contributed by atoms with Crippen molar-refractivity contribution in [3.05, 3.63) is 35.9 Å². The average molecular weight is 235 g/mol. The molecule has 0 heterocycles. The number of nitrogens with one attached hydrogen (secondary N) is 1. The molecule has 0 bridgehead atoms. The summed E-state index contributed by atoms with van der Waals surface area (Å²) in [6.07, 6.45) is 1.47. The number of carbonyl (C=O) groups excluding carboxylic acids is 1. The van der Waals surface area contributed by atoms with Gasteiger partial charge in [0.15, 0.2) is 0 Å². The first kappa shape index (κ1) is 13.7. The highest BCUT2D eigenvalue weighted by molar-refractivity contribution is 5.79. The van der Waals surface area contributed by atoms with E-state index in [2.05, 4.69) is 5.32 Å². The standard InChI is InChI=1S/C14H21NO2/c1-4-12(13(16)15-14(2,3)17)10-11-8-6-5-7-9-11/h5-9,12,17H,4,10H2,1-3H3,(H,15,16)/t12-/m0/s1. The van der Waals surface area contributed by atoms with Crippen molar-refractivity contribution in [1.29, 1.82) is 0 Å². The van der Waals surface area contributed by atoms with Gasteiger partial charge >= 0.3 is 0 Å². The van der Waals surface area contributed by atoms with Crippen molar-refractivity contribution in [2.75, 3.05) is 0 Å². The number of amides is 1. The van der Waals surface area contributed by atoms with Crippen LogP contribution in [0.4, 0.5) is 0 Å². The Hall–Kier alpha value is -1.35. The predicted octanol–water partition coefficient (Wildman–Crippen LogP) is 2.10. The number of hydrogen-bond acceptors (Lipinski definition) is 2. The molecule has 3 heteroatoms. The predicted molar refractivity (Wildman–Crippen MR) is 68.4 cm³/mol. The third kappa shape index (κ3) is 5.00. The largest absolute Gasteiger partial charge is 0.372 e. The van der Waals surface area contributed by atoms with Crippen LogP contribution < -0.4 is 5.32 Å². The minimum Gasteiger partial charge on any atom is -0.372 e. The quantitative estimate of drug-likeness (QED) is 0.768. The highest BCUT2D eigenvalue weighted by Gasteiger charge is 2.22. The summed E-state index contributed by atoms with van der Waals surface area (Å²) in [5, 5.41) is 12.2. The summed E-state index contributed by atoms with van der Waals surface area (Å²) in [4.78, 5) is 11.9. The average Bonchev–Trinajstić information content (AvgIpc) is 2.24. The first-order chi connectivity index (χ1) is 7.92. The molecule has 0 spiro atoms. The Morgan fingerprint density at radius 2 is 1.94 bits per heavy atom. The molecular weight excluding hydrogens is 214 g/mol. The van der Waals surface area contributed by atoms with Gasteiger partial charge in [-0.3, -0.25) is 4.79 Å². The van der Waals surface area contributed by atoms with Gasteiger partial charge in [0, 0.05) is 5.92 Å². The summed E-state index contributed by atoms with van der Waals surface area (Å²) in [6.45, 7) is 5.12. The Morgan fingerprint density at radius 1 is 1.35 bits per heavy atom. The number of aliphatic hydroxyl groups is 1. The lowest BCUT2D eigenvalue weighted by Crippen LogP contribution is -2.46. The normalized spacial score (nSPS) is 13.2. The van der Waals surface area contributed by atoms with Gasteiger partial charge in [0.05, 0.1) is 0 Å². The van der Waals surface area contributed by atoms with E-state index in [-0.39, 0.29) is 11.8 Å². The van der Waals surface area contributed by atoms with Crippen molar-refractivity contribution < 1.29 is 9.90 Å². The van der Waals surface area contributed by atoms with Crippen LogP contribution in [0.1, 0.15) is 32.8 Å². The molecule has 0 aromatic heterocycles. The molecule has 2 N–H and O–H groups in total. The molecule has 1 aromatic carbocycles. The molecule has 0 fully saturated rings. The fraction of sp³-hybridized carbons (Fsp3) is 0.500. The van der Waals surface area contributed by atoms with Crippen molar-refractivity contribution in [2.45, 2.75) is 39.3 Å². The van der Waals surface area contributed by atoms with Gasteiger partial charge in [-0.25, -0.2) is 0 Å². The van der Waals surface area contributed by atoms with Gasteiger partial charge in [0.25, 0.3) is 0 Å². The van der Waals surface area contributed by atoms with Crippen LogP contribution in [0.15, 0.2) is 30.3 Å². The van der Waals surface area contributed by atoms with Crippen molar-refractivity contribution in [2.24, 2.45) is 5.92 Å². The van der Waals surface area contributed by atoms with Gasteiger partial charge in [0.1, 0.15) is 5.72 Å². The summed E-state index contributed by atoms with van der Waals surface area (Å²) >= 11 is 0. The Kier molecular flexibility index (Phi) is 4.70. The lowest BCUT2D eigenvalue weighted by atomic mass is 9.95. The first-order valence-corrected chi connectivity index (χ1v) is 6.00. The van der Waals surface area contributed by atoms with E-state index in [0.29, 0.717) is 6.42 Å². The van der Waals surface area contributed by atoms with Crippen LogP contribution in [0.2, 0.25) is 0 Å². The first-order valence-electron chi connectivity index (χ1n) is 6.00. The maximum absolute atomic E-state index is 11.9. The van der Waals surface area contributed by atoms with Crippen LogP contribution >= 0.6 is 0 Å². The monoisotopic (exact) mass is 235 g/mol. The smallest absolute Gasteiger partial charge is 0.225 e. The highest BCUT2D eigenvalue weighted by Crippen LogP contribution is 2.13. The zero-order valence-electron chi connectivity index (χ0n) is 10.7. The van der Waals surface area contributed by atoms with E-state index in [0.717, 1.165) is 12.0 Å². The van der Waals surface area contributed by atoms with Crippen LogP contribution in [0.3, 0.4) is 0 Å². The maximum Gasteiger partial charge on any atom is 0.225 e. The van der Waals surface area contributed by atoms with Gasteiger partial charge < -0.3 is 10.4 Å². The summed E-state index contributed by atoms with van der Waals surface area (Å²) in [5.41, 5.74) is -0.00785. The summed E-state index contributed by atoms with van der Waals surface area (Å²) in [5.74, 6) is -0.187. The van der Waals surface area contributed by atoms with Gasteiger partial charge in [-0.05, 0) is 32.3 Å². The molecule has 0 unspecified atom stereocenters. The minimum atomic E-state index is -1.15. The van der Waals surface area contributed by atoms with E-state index >= 15 is 0 Å². The number of benzene rings is 1. The van der Waals surface area contributed by atoms with Crippen molar-refractivity contribution >= 4 is 5.91 Å². The van der Waals surface area contributed by atoms with Crippen LogP contribution in [0.5, 0.6) is 0 Å². The van der Waals surface area contributed by atoms with E-state index in [1.165, 1.54) is 0 Å². The summed E-state index contributed by atoms with van der Waals surface area (Å²) in [7, 11) is 0. The van der Waals surface area contributed by atoms with Crippen LogP contribution in [-0.2, 0) is 11.2 Å². The molecule has 0 aliphatic heterocycles. The fourth-order valence-corrected chi connectivity index (χ4v) is 1.72. The second kappa shape index (κ2) is 5.82. The SMILES string of the molecule is CC[C@@H](Cc1ccccc1)C(=O)NC(C)(C)O. The molecular formula is C14H21NO2. The number of carbonyl (C=O) groups is 1. The Bertz CT molecular complexity index is 354. The molecule has 1 amide bonds. The molecule has 1 rings (SSSR count). The topological polar surface area (TPSA) is 49.3 Å². The van der Waals surface area contributed by atoms with Crippen LogP contribution in [0.25, 0.3) is 0 Å². The Morgan fingerprint density at radius 3 is 2.41 bits per heavy atom. The molecule has 0 saturated heterocycles. The molecule has 1 aromatic rings. The number of hydrogen-bond donors (Lipinski definition) is 2. The van der Waals surface area contributed by atoms with Crippen molar-refractivity contribution in [3.63, 3.8) is 0 Å². The van der Waals surface area contributed by atoms with E-state index in [1.807, 2.05) is 37.3 Å². The maximum atomic E-state index is 11.9. The lowest BCUT2D eigenvalue weighted by Gasteiger charge is -2.23. The van der Waals surface area contributed by atoms with E-state index < -0.39 is 5.72 Å². The van der Waals surface area contributed by atoms with E-state index in [1.54, 1.807) is 13.8 Å². The zero-order chi connectivity index (χ0) is 12.9. The lowest BCUT2D eigenvalue weighted by molar-refractivity contribution is -0.131. The van der Waals surface area contributed by atoms with Gasteiger partial charge in [-0.15, -0.1) is 0 Å². The summed E-state index contributed by atoms with van der Waals surface area (Å²) in [6, 6.07) is 9.92. The van der Waals surface area contributed by atoms with Gasteiger partial charge in [-0.2, -0.15) is 0 Å². The fourth-order valence-electron chi connectivity index (χ4n) is 1.72. The Balaban J connectivity index is 2.63. The molecule has 0 aliphatic rings. The molecule has 0 radical (unpaired) electrons. The molecule has 3 nitrogen and oxygen atoms in total. The van der Waals surface area contributed by atoms with Gasteiger partial charge in [0.2, 0.25) is 5.91 Å². The molecule has 1 atom stereocenters. The highest BCUT2D eigenvalue weighted by atomic mass is 16.3. The second-order valence-electron chi connectivity index (χ2n) is 4.84. The summed E-state index contributed by atoms with van der Waals surface area (Å²) < 4.78 is 0. The van der Waals surface area contributed by atoms with Crippen molar-refractivity contribution in [3.8, 4) is 0 Å². The van der Waals surface area contributed by atoms with Crippen LogP contribution in [0, 0.1) is 5.92 Å². The molecule has 17 heavy (non-hydrogen) atoms. The third-order valence-corrected chi connectivity index (χ3v) is 2.62. The van der Waals surface area contributed by atoms with E-state index in [9.17, 15) is 9.90 Å². The van der Waals surface area contributed by atoms with Crippen molar-refractivity contribution in [1.82, 2.24) is 5.32 Å². The number of rotatable bonds is 5. The molecule has 0 saturated carbocycles. The van der Waals surface area contributed by atoms with Gasteiger partial charge in [-0.1, -0.05) is 37.3 Å². The molecule has 94 valence electrons. The van der Waals surface area contributed by atoms with E-state index in [4.69, 9.17) is 0 Å². The Labute approximate surface area is 103 Å². The third-order valence-electron chi connectivity index (χ3n) is 2.62. The minimum absolute atomic E-state index is 0.0937.